The molecule has 0 aliphatic heterocycles. The molecule has 0 aliphatic carbocycles. The van der Waals surface area contributed by atoms with Crippen molar-refractivity contribution in [2.24, 2.45) is 0 Å². The van der Waals surface area contributed by atoms with Crippen molar-refractivity contribution in [1.82, 2.24) is 0 Å². The maximum atomic E-state index is 2.08. The van der Waals surface area contributed by atoms with Crippen LogP contribution in [0.15, 0.2) is 0 Å². The maximum Gasteiger partial charge on any atom is 0 e. The van der Waals surface area contributed by atoms with Gasteiger partial charge in [-0.1, -0.05) is 0 Å². The molecule has 0 unspecified atom stereocenters. The second kappa shape index (κ2) is 18.3. The Hall–Kier alpha value is 0.532. The van der Waals surface area contributed by atoms with Crippen molar-refractivity contribution in [2.45, 2.75) is 62.3 Å². The fourth-order valence-electron chi connectivity index (χ4n) is 0. The third-order valence-corrected chi connectivity index (χ3v) is 0. The van der Waals surface area contributed by atoms with Crippen LogP contribution in [-0.4, -0.2) is 17.4 Å². The van der Waals surface area contributed by atoms with Crippen LogP contribution in [-0.2, 0) is 0 Å². The van der Waals surface area contributed by atoms with Gasteiger partial charge in [-0.2, -0.15) is 62.3 Å². The van der Waals surface area contributed by atoms with Crippen LogP contribution < -0.4 is 0 Å². The van der Waals surface area contributed by atoms with Crippen LogP contribution in [0, 0.1) is 17.8 Å². The first-order valence-corrected chi connectivity index (χ1v) is 4.50. The first-order valence-electron chi connectivity index (χ1n) is 4.50. The Kier molecular flexibility index (Phi) is 33.0. The molecule has 0 aromatic carbocycles. The third-order valence-electron chi connectivity index (χ3n) is 0. The van der Waals surface area contributed by atoms with Gasteiger partial charge in [0.1, 0.15) is 0 Å². The molecule has 0 atom stereocenters. The highest BCUT2D eigenvalue weighted by Crippen LogP contribution is 1.85. The normalized spacial score (nSPS) is 8.31. The Bertz CT molecular complexity index is 33.6. The lowest BCUT2D eigenvalue weighted by Gasteiger charge is -1.99. The van der Waals surface area contributed by atoms with Crippen molar-refractivity contribution in [3.63, 3.8) is 0 Å². The summed E-state index contributed by atoms with van der Waals surface area (Å²) in [6, 6.07) is 0. The largest absolute Gasteiger partial charge is 0.323 e. The maximum absolute atomic E-state index is 2.08. The van der Waals surface area contributed by atoms with Crippen LogP contribution in [0.1, 0.15) is 62.3 Å². The number of hydrogen-bond donors (Lipinski definition) is 0. The lowest BCUT2D eigenvalue weighted by Crippen LogP contribution is -1.62. The zero-order chi connectivity index (χ0) is 10.7. The molecular weight excluding hydrogens is 171 g/mol. The van der Waals surface area contributed by atoms with Gasteiger partial charge >= 0.3 is 0 Å². The molecule has 1 heteroatoms. The third kappa shape index (κ3) is 4900. The summed E-state index contributed by atoms with van der Waals surface area (Å²) in [7, 11) is 0. The van der Waals surface area contributed by atoms with E-state index in [2.05, 4.69) is 62.3 Å². The molecule has 81 valence electrons. The summed E-state index contributed by atoms with van der Waals surface area (Å²) in [4.78, 5) is 0. The van der Waals surface area contributed by atoms with Gasteiger partial charge in [0.05, 0.1) is 0 Å². The molecule has 0 fully saturated rings. The first-order chi connectivity index (χ1) is 5.20. The Labute approximate surface area is 97.6 Å². The van der Waals surface area contributed by atoms with Crippen molar-refractivity contribution in [2.75, 3.05) is 0 Å². The zero-order valence-corrected chi connectivity index (χ0v) is 12.2. The molecule has 0 aromatic heterocycles. The Morgan fingerprint density at radius 2 is 0.385 bits per heavy atom. The van der Waals surface area contributed by atoms with E-state index in [-0.39, 0.29) is 17.4 Å². The Morgan fingerprint density at radius 3 is 0.385 bits per heavy atom. The molecule has 0 spiro atoms. The Morgan fingerprint density at radius 1 is 0.385 bits per heavy atom. The van der Waals surface area contributed by atoms with Gasteiger partial charge in [-0.25, -0.2) is 0 Å². The molecule has 0 N–H and O–H groups in total. The van der Waals surface area contributed by atoms with Gasteiger partial charge in [-0.15, -0.1) is 0 Å². The van der Waals surface area contributed by atoms with E-state index in [1.54, 1.807) is 0 Å². The zero-order valence-electron chi connectivity index (χ0n) is 11.1. The Balaban J connectivity index is -0.0000000450. The SMILES string of the molecule is C[C-](C)C.C[C-](C)C.C[C-](C)C.[Al]. The smallest absolute Gasteiger partial charge is 0 e. The van der Waals surface area contributed by atoms with E-state index >= 15 is 0 Å². The van der Waals surface area contributed by atoms with Crippen LogP contribution in [0.3, 0.4) is 0 Å². The van der Waals surface area contributed by atoms with E-state index in [0.717, 1.165) is 0 Å². The fourth-order valence-corrected chi connectivity index (χ4v) is 0. The molecule has 0 aliphatic rings. The summed E-state index contributed by atoms with van der Waals surface area (Å²) in [5.74, 6) is 4.25. The van der Waals surface area contributed by atoms with Gasteiger partial charge in [-0.3, -0.25) is 0 Å². The van der Waals surface area contributed by atoms with Crippen LogP contribution in [0.25, 0.3) is 0 Å². The van der Waals surface area contributed by atoms with Crippen LogP contribution in [0.2, 0.25) is 0 Å². The molecule has 0 aromatic rings. The van der Waals surface area contributed by atoms with Gasteiger partial charge in [0.15, 0.2) is 0 Å². The molecule has 0 bridgehead atoms. The van der Waals surface area contributed by atoms with Crippen molar-refractivity contribution in [3.05, 3.63) is 17.8 Å². The summed E-state index contributed by atoms with van der Waals surface area (Å²) in [6.07, 6.45) is 0. The summed E-state index contributed by atoms with van der Waals surface area (Å²) in [5, 5.41) is 0. The predicted molar refractivity (Wildman–Crippen MR) is 66.5 cm³/mol. The van der Waals surface area contributed by atoms with Gasteiger partial charge < -0.3 is 17.8 Å². The molecule has 0 amide bonds. The number of hydrogen-bond acceptors (Lipinski definition) is 0. The summed E-state index contributed by atoms with van der Waals surface area (Å²) in [6.45, 7) is 18.8. The number of rotatable bonds is 0. The second-order valence-corrected chi connectivity index (χ2v) is 4.50. The highest BCUT2D eigenvalue weighted by atomic mass is 27.0. The standard InChI is InChI=1S/3C4H9.Al/c3*1-4(2)3;/h3*1-3H3;/q3*-1;. The van der Waals surface area contributed by atoms with Gasteiger partial charge in [0.2, 0.25) is 0 Å². The lowest BCUT2D eigenvalue weighted by molar-refractivity contribution is 1.10. The predicted octanol–water partition coefficient (Wildman–Crippen LogP) is 4.48. The highest BCUT2D eigenvalue weighted by Gasteiger charge is 1.49. The van der Waals surface area contributed by atoms with E-state index in [1.165, 1.54) is 17.8 Å². The van der Waals surface area contributed by atoms with E-state index < -0.39 is 0 Å². The molecule has 0 heterocycles. The minimum atomic E-state index is 0. The molecule has 0 saturated heterocycles. The van der Waals surface area contributed by atoms with Crippen LogP contribution in [0.4, 0.5) is 0 Å². The molecule has 0 nitrogen and oxygen atoms in total. The monoisotopic (exact) mass is 198 g/mol. The lowest BCUT2D eigenvalue weighted by atomic mass is 10.3. The van der Waals surface area contributed by atoms with Crippen LogP contribution >= 0.6 is 0 Å². The van der Waals surface area contributed by atoms with E-state index in [9.17, 15) is 0 Å². The van der Waals surface area contributed by atoms with Crippen molar-refractivity contribution < 1.29 is 0 Å². The topological polar surface area (TPSA) is 0 Å². The van der Waals surface area contributed by atoms with Crippen molar-refractivity contribution in [1.29, 1.82) is 0 Å². The molecule has 0 rings (SSSR count). The van der Waals surface area contributed by atoms with E-state index in [0.29, 0.717) is 0 Å². The summed E-state index contributed by atoms with van der Waals surface area (Å²) >= 11 is 0. The fraction of sp³-hybridized carbons (Fsp3) is 0.750. The molecule has 0 saturated carbocycles. The van der Waals surface area contributed by atoms with Crippen molar-refractivity contribution >= 4 is 17.4 Å². The average molecular weight is 198 g/mol. The van der Waals surface area contributed by atoms with Gasteiger partial charge in [-0.05, 0) is 0 Å². The van der Waals surface area contributed by atoms with E-state index in [1.807, 2.05) is 0 Å². The quantitative estimate of drug-likeness (QED) is 0.397. The molecular formula is C12H27Al-3. The minimum Gasteiger partial charge on any atom is -0.323 e. The minimum absolute atomic E-state index is 0. The van der Waals surface area contributed by atoms with Gasteiger partial charge in [0, 0.05) is 17.4 Å². The first kappa shape index (κ1) is 23.4. The van der Waals surface area contributed by atoms with E-state index in [4.69, 9.17) is 0 Å². The molecule has 3 radical (unpaired) electrons. The summed E-state index contributed by atoms with van der Waals surface area (Å²) in [5.41, 5.74) is 0. The second-order valence-electron chi connectivity index (χ2n) is 4.50. The van der Waals surface area contributed by atoms with Crippen molar-refractivity contribution in [3.8, 4) is 0 Å². The summed E-state index contributed by atoms with van der Waals surface area (Å²) < 4.78 is 0. The van der Waals surface area contributed by atoms with Crippen LogP contribution in [0.5, 0.6) is 0 Å². The average Bonchev–Trinajstić information content (AvgIpc) is 1.54. The molecule has 13 heavy (non-hydrogen) atoms. The van der Waals surface area contributed by atoms with Gasteiger partial charge in [0.25, 0.3) is 0 Å². The highest BCUT2D eigenvalue weighted by molar-refractivity contribution is 5.75.